The smallest absolute Gasteiger partial charge is 0.193 e. The van der Waals surface area contributed by atoms with Crippen molar-refractivity contribution in [1.82, 2.24) is 5.32 Å². The van der Waals surface area contributed by atoms with Crippen LogP contribution >= 0.6 is 11.6 Å². The summed E-state index contributed by atoms with van der Waals surface area (Å²) in [6, 6.07) is 4.09. The second-order valence-electron chi connectivity index (χ2n) is 3.79. The van der Waals surface area contributed by atoms with Crippen LogP contribution in [-0.2, 0) is 0 Å². The standard InChI is InChI=1S/C12H20ClNO/c1-3-5-6-10(14-9-4-2)11-7-8-12(13)15-11/h7-8,10,14H,3-6,9H2,1-2H3. The minimum atomic E-state index is 0.317. The minimum absolute atomic E-state index is 0.317. The highest BCUT2D eigenvalue weighted by Gasteiger charge is 2.13. The van der Waals surface area contributed by atoms with Crippen molar-refractivity contribution in [2.75, 3.05) is 6.54 Å². The molecule has 0 radical (unpaired) electrons. The van der Waals surface area contributed by atoms with Gasteiger partial charge in [0.25, 0.3) is 0 Å². The summed E-state index contributed by atoms with van der Waals surface area (Å²) in [6.07, 6.45) is 4.66. The Kier molecular flexibility index (Phi) is 5.81. The molecule has 3 heteroatoms. The normalized spacial score (nSPS) is 13.0. The molecule has 1 heterocycles. The van der Waals surface area contributed by atoms with E-state index in [9.17, 15) is 0 Å². The average Bonchev–Trinajstić information content (AvgIpc) is 2.65. The van der Waals surface area contributed by atoms with E-state index in [-0.39, 0.29) is 0 Å². The van der Waals surface area contributed by atoms with Crippen LogP contribution in [0.1, 0.15) is 51.3 Å². The molecule has 15 heavy (non-hydrogen) atoms. The maximum absolute atomic E-state index is 5.78. The van der Waals surface area contributed by atoms with E-state index in [1.54, 1.807) is 0 Å². The lowest BCUT2D eigenvalue weighted by Gasteiger charge is -2.15. The Morgan fingerprint density at radius 1 is 1.33 bits per heavy atom. The minimum Gasteiger partial charge on any atom is -0.448 e. The second kappa shape index (κ2) is 6.91. The van der Waals surface area contributed by atoms with E-state index in [0.717, 1.165) is 25.1 Å². The zero-order chi connectivity index (χ0) is 11.1. The first kappa shape index (κ1) is 12.6. The van der Waals surface area contributed by atoms with E-state index in [1.165, 1.54) is 12.8 Å². The number of furan rings is 1. The van der Waals surface area contributed by atoms with Gasteiger partial charge in [0.2, 0.25) is 0 Å². The molecule has 1 rings (SSSR count). The third kappa shape index (κ3) is 4.27. The number of nitrogens with one attached hydrogen (secondary N) is 1. The quantitative estimate of drug-likeness (QED) is 0.760. The Labute approximate surface area is 97.0 Å². The fourth-order valence-electron chi connectivity index (χ4n) is 1.59. The molecule has 0 spiro atoms. The monoisotopic (exact) mass is 229 g/mol. The van der Waals surface area contributed by atoms with Crippen molar-refractivity contribution in [3.05, 3.63) is 23.1 Å². The maximum atomic E-state index is 5.78. The number of halogens is 1. The van der Waals surface area contributed by atoms with Crippen molar-refractivity contribution in [2.45, 2.75) is 45.6 Å². The molecule has 0 aromatic carbocycles. The molecular weight excluding hydrogens is 210 g/mol. The van der Waals surface area contributed by atoms with E-state index in [0.29, 0.717) is 11.3 Å². The van der Waals surface area contributed by atoms with Gasteiger partial charge < -0.3 is 9.73 Å². The van der Waals surface area contributed by atoms with Gasteiger partial charge in [-0.15, -0.1) is 0 Å². The molecule has 1 N–H and O–H groups in total. The van der Waals surface area contributed by atoms with Crippen LogP contribution in [0.4, 0.5) is 0 Å². The van der Waals surface area contributed by atoms with Gasteiger partial charge in [0.1, 0.15) is 5.76 Å². The van der Waals surface area contributed by atoms with Crippen LogP contribution in [0.3, 0.4) is 0 Å². The predicted molar refractivity (Wildman–Crippen MR) is 64.3 cm³/mol. The van der Waals surface area contributed by atoms with E-state index < -0.39 is 0 Å². The van der Waals surface area contributed by atoms with E-state index in [4.69, 9.17) is 16.0 Å². The summed E-state index contributed by atoms with van der Waals surface area (Å²) in [7, 11) is 0. The Balaban J connectivity index is 2.54. The van der Waals surface area contributed by atoms with Crippen molar-refractivity contribution in [3.63, 3.8) is 0 Å². The third-order valence-electron chi connectivity index (χ3n) is 2.42. The summed E-state index contributed by atoms with van der Waals surface area (Å²) in [6.45, 7) is 5.39. The van der Waals surface area contributed by atoms with Gasteiger partial charge in [-0.2, -0.15) is 0 Å². The zero-order valence-electron chi connectivity index (χ0n) is 9.55. The van der Waals surface area contributed by atoms with Gasteiger partial charge in [0.05, 0.1) is 6.04 Å². The largest absolute Gasteiger partial charge is 0.448 e. The second-order valence-corrected chi connectivity index (χ2v) is 4.16. The zero-order valence-corrected chi connectivity index (χ0v) is 10.3. The van der Waals surface area contributed by atoms with Crippen molar-refractivity contribution in [2.24, 2.45) is 0 Å². The molecule has 0 aliphatic heterocycles. The van der Waals surface area contributed by atoms with Crippen molar-refractivity contribution < 1.29 is 4.42 Å². The Bertz CT molecular complexity index is 264. The highest BCUT2D eigenvalue weighted by Crippen LogP contribution is 2.23. The molecule has 1 aromatic heterocycles. The van der Waals surface area contributed by atoms with Gasteiger partial charge in [0, 0.05) is 0 Å². The topological polar surface area (TPSA) is 25.2 Å². The molecule has 0 amide bonds. The lowest BCUT2D eigenvalue weighted by atomic mass is 10.1. The molecule has 1 atom stereocenters. The lowest BCUT2D eigenvalue weighted by Crippen LogP contribution is -2.21. The fraction of sp³-hybridized carbons (Fsp3) is 0.667. The fourth-order valence-corrected chi connectivity index (χ4v) is 1.74. The summed E-state index contributed by atoms with van der Waals surface area (Å²) in [4.78, 5) is 0. The van der Waals surface area contributed by atoms with Crippen LogP contribution in [0, 0.1) is 0 Å². The Morgan fingerprint density at radius 3 is 2.67 bits per heavy atom. The molecule has 0 saturated heterocycles. The number of hydrogen-bond donors (Lipinski definition) is 1. The molecule has 1 unspecified atom stereocenters. The first-order valence-corrected chi connectivity index (χ1v) is 6.14. The summed E-state index contributed by atoms with van der Waals surface area (Å²) in [5.41, 5.74) is 0. The van der Waals surface area contributed by atoms with Crippen LogP contribution in [0.5, 0.6) is 0 Å². The Hall–Kier alpha value is -0.470. The first-order valence-electron chi connectivity index (χ1n) is 5.76. The SMILES string of the molecule is CCCCC(NCCC)c1ccc(Cl)o1. The van der Waals surface area contributed by atoms with Crippen LogP contribution in [0.2, 0.25) is 5.22 Å². The number of hydrogen-bond acceptors (Lipinski definition) is 2. The first-order chi connectivity index (χ1) is 7.27. The highest BCUT2D eigenvalue weighted by atomic mass is 35.5. The van der Waals surface area contributed by atoms with Crippen molar-refractivity contribution in [3.8, 4) is 0 Å². The molecule has 0 bridgehead atoms. The summed E-state index contributed by atoms with van der Waals surface area (Å²) in [5.74, 6) is 0.960. The van der Waals surface area contributed by atoms with Crippen LogP contribution in [0.15, 0.2) is 16.5 Å². The highest BCUT2D eigenvalue weighted by molar-refractivity contribution is 6.28. The van der Waals surface area contributed by atoms with Gasteiger partial charge in [-0.1, -0.05) is 26.7 Å². The van der Waals surface area contributed by atoms with Gasteiger partial charge in [-0.25, -0.2) is 0 Å². The van der Waals surface area contributed by atoms with Gasteiger partial charge in [0.15, 0.2) is 5.22 Å². The molecule has 2 nitrogen and oxygen atoms in total. The summed E-state index contributed by atoms with van der Waals surface area (Å²) >= 11 is 5.78. The van der Waals surface area contributed by atoms with Crippen LogP contribution < -0.4 is 5.32 Å². The molecule has 1 aromatic rings. The third-order valence-corrected chi connectivity index (χ3v) is 2.63. The summed E-state index contributed by atoms with van der Waals surface area (Å²) < 4.78 is 5.44. The maximum Gasteiger partial charge on any atom is 0.193 e. The number of unbranched alkanes of at least 4 members (excludes halogenated alkanes) is 1. The van der Waals surface area contributed by atoms with E-state index in [1.807, 2.05) is 12.1 Å². The average molecular weight is 230 g/mol. The molecule has 86 valence electrons. The number of rotatable bonds is 7. The van der Waals surface area contributed by atoms with Gasteiger partial charge in [-0.3, -0.25) is 0 Å². The molecule has 0 fully saturated rings. The molecule has 0 saturated carbocycles. The van der Waals surface area contributed by atoms with Crippen molar-refractivity contribution >= 4 is 11.6 Å². The predicted octanol–water partition coefficient (Wildman–Crippen LogP) is 4.16. The van der Waals surface area contributed by atoms with Crippen molar-refractivity contribution in [1.29, 1.82) is 0 Å². The van der Waals surface area contributed by atoms with Gasteiger partial charge >= 0.3 is 0 Å². The Morgan fingerprint density at radius 2 is 2.13 bits per heavy atom. The van der Waals surface area contributed by atoms with Crippen LogP contribution in [-0.4, -0.2) is 6.54 Å². The lowest BCUT2D eigenvalue weighted by molar-refractivity contribution is 0.389. The summed E-state index contributed by atoms with van der Waals surface area (Å²) in [5, 5.41) is 3.96. The van der Waals surface area contributed by atoms with E-state index >= 15 is 0 Å². The molecular formula is C12H20ClNO. The van der Waals surface area contributed by atoms with E-state index in [2.05, 4.69) is 19.2 Å². The van der Waals surface area contributed by atoms with Crippen LogP contribution in [0.25, 0.3) is 0 Å². The molecule has 0 aliphatic carbocycles. The van der Waals surface area contributed by atoms with Gasteiger partial charge in [-0.05, 0) is 43.1 Å². The molecule has 0 aliphatic rings.